The molecule has 180 valence electrons. The van der Waals surface area contributed by atoms with Crippen molar-refractivity contribution in [2.45, 2.75) is 52.5 Å². The van der Waals surface area contributed by atoms with Gasteiger partial charge in [0.05, 0.1) is 17.3 Å². The van der Waals surface area contributed by atoms with Gasteiger partial charge in [-0.05, 0) is 62.6 Å². The van der Waals surface area contributed by atoms with E-state index in [1.54, 1.807) is 0 Å². The summed E-state index contributed by atoms with van der Waals surface area (Å²) in [5, 5.41) is 9.01. The van der Waals surface area contributed by atoms with Gasteiger partial charge in [0.25, 0.3) is 5.91 Å². The third-order valence-corrected chi connectivity index (χ3v) is 7.62. The predicted octanol–water partition coefficient (Wildman–Crippen LogP) is 4.61. The molecule has 3 heterocycles. The molecule has 2 aliphatic rings. The van der Waals surface area contributed by atoms with Crippen molar-refractivity contribution in [3.8, 4) is 17.5 Å². The van der Waals surface area contributed by atoms with Crippen LogP contribution in [0.5, 0.6) is 0 Å². The van der Waals surface area contributed by atoms with Crippen molar-refractivity contribution in [1.29, 1.82) is 5.26 Å². The largest absolute Gasteiger partial charge is 0.342 e. The van der Waals surface area contributed by atoms with Crippen LogP contribution in [-0.2, 0) is 12.8 Å². The van der Waals surface area contributed by atoms with Gasteiger partial charge in [-0.25, -0.2) is 4.98 Å². The van der Waals surface area contributed by atoms with E-state index in [-0.39, 0.29) is 5.91 Å². The minimum Gasteiger partial charge on any atom is -0.342 e. The third kappa shape index (κ3) is 4.49. The number of carbonyl (C=O) groups is 1. The lowest BCUT2D eigenvalue weighted by molar-refractivity contribution is 0.0601. The molecule has 0 saturated carbocycles. The molecule has 1 fully saturated rings. The Morgan fingerprint density at radius 3 is 2.49 bits per heavy atom. The molecule has 6 nitrogen and oxygen atoms in total. The number of amides is 1. The summed E-state index contributed by atoms with van der Waals surface area (Å²) in [5.41, 5.74) is 8.12. The summed E-state index contributed by atoms with van der Waals surface area (Å²) in [5.74, 6) is 1.27. The van der Waals surface area contributed by atoms with Crippen LogP contribution in [0, 0.1) is 25.2 Å². The highest BCUT2D eigenvalue weighted by Crippen LogP contribution is 2.32. The number of carbonyl (C=O) groups excluding carboxylic acids is 1. The standard InChI is InChI=1S/C29H33N5O/c1-18(2)33-11-9-26-27(10-12-33)32-28(31-26)24-14-25(20(4)13-19(24)3)29(35)34-16-23(17-34)22-7-5-21(15-30)6-8-22/h5-8,13-14,18,23H,9-12,16-17H2,1-4H3,(H,31,32). The molecule has 1 aromatic heterocycles. The molecule has 6 heteroatoms. The van der Waals surface area contributed by atoms with Gasteiger partial charge in [0.1, 0.15) is 5.82 Å². The quantitative estimate of drug-likeness (QED) is 0.608. The molecule has 5 rings (SSSR count). The first kappa shape index (κ1) is 23.3. The topological polar surface area (TPSA) is 76.0 Å². The number of rotatable bonds is 4. The van der Waals surface area contributed by atoms with Gasteiger partial charge >= 0.3 is 0 Å². The monoisotopic (exact) mass is 467 g/mol. The number of likely N-dealkylation sites (tertiary alicyclic amines) is 1. The van der Waals surface area contributed by atoms with Gasteiger partial charge in [0, 0.05) is 67.8 Å². The maximum atomic E-state index is 13.4. The Bertz CT molecular complexity index is 1270. The van der Waals surface area contributed by atoms with E-state index in [1.807, 2.05) is 42.2 Å². The molecule has 0 unspecified atom stereocenters. The number of fused-ring (bicyclic) bond motifs is 1. The molecule has 0 aliphatic carbocycles. The first-order valence-corrected chi connectivity index (χ1v) is 12.6. The lowest BCUT2D eigenvalue weighted by atomic mass is 9.89. The molecule has 2 aliphatic heterocycles. The SMILES string of the molecule is Cc1cc(C)c(-c2nc3c([nH]2)CCN(C(C)C)CC3)cc1C(=O)N1CC(c2ccc(C#N)cc2)C1. The van der Waals surface area contributed by atoms with Gasteiger partial charge in [0.15, 0.2) is 0 Å². The Hall–Kier alpha value is -3.43. The van der Waals surface area contributed by atoms with Crippen molar-refractivity contribution >= 4 is 5.91 Å². The lowest BCUT2D eigenvalue weighted by Gasteiger charge is -2.40. The van der Waals surface area contributed by atoms with Gasteiger partial charge in [-0.15, -0.1) is 0 Å². The van der Waals surface area contributed by atoms with E-state index in [0.29, 0.717) is 30.6 Å². The predicted molar refractivity (Wildman–Crippen MR) is 137 cm³/mol. The third-order valence-electron chi connectivity index (χ3n) is 7.62. The fraction of sp³-hybridized carbons (Fsp3) is 0.414. The smallest absolute Gasteiger partial charge is 0.254 e. The highest BCUT2D eigenvalue weighted by Gasteiger charge is 2.33. The number of hydrogen-bond donors (Lipinski definition) is 1. The van der Waals surface area contributed by atoms with Crippen molar-refractivity contribution < 1.29 is 4.79 Å². The summed E-state index contributed by atoms with van der Waals surface area (Å²) < 4.78 is 0. The first-order chi connectivity index (χ1) is 16.8. The van der Waals surface area contributed by atoms with Crippen molar-refractivity contribution in [2.24, 2.45) is 0 Å². The minimum absolute atomic E-state index is 0.0781. The summed E-state index contributed by atoms with van der Waals surface area (Å²) in [6.07, 6.45) is 1.92. The summed E-state index contributed by atoms with van der Waals surface area (Å²) in [6.45, 7) is 12.1. The van der Waals surface area contributed by atoms with Gasteiger partial charge in [-0.1, -0.05) is 18.2 Å². The van der Waals surface area contributed by atoms with Crippen LogP contribution in [0.3, 0.4) is 0 Å². The van der Waals surface area contributed by atoms with Gasteiger partial charge in [-0.3, -0.25) is 4.79 Å². The van der Waals surface area contributed by atoms with E-state index in [2.05, 4.69) is 42.8 Å². The van der Waals surface area contributed by atoms with Gasteiger partial charge in [0.2, 0.25) is 0 Å². The van der Waals surface area contributed by atoms with Crippen LogP contribution in [0.25, 0.3) is 11.4 Å². The number of nitriles is 1. The number of benzene rings is 2. The molecule has 1 N–H and O–H groups in total. The van der Waals surface area contributed by atoms with E-state index >= 15 is 0 Å². The Kier molecular flexibility index (Phi) is 6.21. The van der Waals surface area contributed by atoms with E-state index < -0.39 is 0 Å². The molecule has 0 radical (unpaired) electrons. The first-order valence-electron chi connectivity index (χ1n) is 12.6. The van der Waals surface area contributed by atoms with E-state index in [1.165, 1.54) is 11.3 Å². The van der Waals surface area contributed by atoms with Crippen LogP contribution in [0.1, 0.15) is 63.8 Å². The van der Waals surface area contributed by atoms with Crippen LogP contribution in [0.15, 0.2) is 36.4 Å². The molecular weight excluding hydrogens is 434 g/mol. The number of aryl methyl sites for hydroxylation is 2. The summed E-state index contributed by atoms with van der Waals surface area (Å²) >= 11 is 0. The van der Waals surface area contributed by atoms with Crippen LogP contribution in [0.2, 0.25) is 0 Å². The molecular formula is C29H33N5O. The number of nitrogens with one attached hydrogen (secondary N) is 1. The Morgan fingerprint density at radius 2 is 1.80 bits per heavy atom. The lowest BCUT2D eigenvalue weighted by Crippen LogP contribution is -2.48. The summed E-state index contributed by atoms with van der Waals surface area (Å²) in [6, 6.07) is 14.5. The number of aromatic nitrogens is 2. The molecule has 35 heavy (non-hydrogen) atoms. The second kappa shape index (κ2) is 9.31. The van der Waals surface area contributed by atoms with Crippen molar-refractivity contribution in [1.82, 2.24) is 19.8 Å². The van der Waals surface area contributed by atoms with E-state index in [4.69, 9.17) is 10.2 Å². The molecule has 1 amide bonds. The van der Waals surface area contributed by atoms with Crippen molar-refractivity contribution in [3.05, 3.63) is 75.6 Å². The zero-order chi connectivity index (χ0) is 24.7. The van der Waals surface area contributed by atoms with Crippen LogP contribution in [0.4, 0.5) is 0 Å². The Labute approximate surface area is 207 Å². The number of nitrogens with zero attached hydrogens (tertiary/aromatic N) is 4. The molecule has 0 spiro atoms. The van der Waals surface area contributed by atoms with Gasteiger partial charge in [-0.2, -0.15) is 5.26 Å². The van der Waals surface area contributed by atoms with E-state index in [0.717, 1.165) is 59.7 Å². The summed E-state index contributed by atoms with van der Waals surface area (Å²) in [7, 11) is 0. The second-order valence-electron chi connectivity index (χ2n) is 10.3. The molecule has 3 aromatic rings. The number of H-pyrrole nitrogens is 1. The minimum atomic E-state index is 0.0781. The van der Waals surface area contributed by atoms with Crippen LogP contribution < -0.4 is 0 Å². The normalized spacial score (nSPS) is 16.5. The highest BCUT2D eigenvalue weighted by atomic mass is 16.2. The highest BCUT2D eigenvalue weighted by molar-refractivity contribution is 5.97. The number of aromatic amines is 1. The number of imidazole rings is 1. The van der Waals surface area contributed by atoms with Crippen molar-refractivity contribution in [2.75, 3.05) is 26.2 Å². The van der Waals surface area contributed by atoms with Gasteiger partial charge < -0.3 is 14.8 Å². The fourth-order valence-electron chi connectivity index (χ4n) is 5.31. The van der Waals surface area contributed by atoms with E-state index in [9.17, 15) is 4.79 Å². The Morgan fingerprint density at radius 1 is 1.09 bits per heavy atom. The summed E-state index contributed by atoms with van der Waals surface area (Å²) in [4.78, 5) is 26.4. The zero-order valence-corrected chi connectivity index (χ0v) is 21.1. The maximum absolute atomic E-state index is 13.4. The fourth-order valence-corrected chi connectivity index (χ4v) is 5.31. The number of hydrogen-bond acceptors (Lipinski definition) is 4. The molecule has 2 aromatic carbocycles. The Balaban J connectivity index is 1.33. The molecule has 0 atom stereocenters. The average molecular weight is 468 g/mol. The second-order valence-corrected chi connectivity index (χ2v) is 10.3. The maximum Gasteiger partial charge on any atom is 0.254 e. The average Bonchev–Trinajstić information content (AvgIpc) is 3.10. The molecule has 0 bridgehead atoms. The van der Waals surface area contributed by atoms with Crippen LogP contribution in [-0.4, -0.2) is 57.9 Å². The zero-order valence-electron chi connectivity index (χ0n) is 21.1. The van der Waals surface area contributed by atoms with Crippen LogP contribution >= 0.6 is 0 Å². The molecule has 1 saturated heterocycles. The van der Waals surface area contributed by atoms with Crippen molar-refractivity contribution in [3.63, 3.8) is 0 Å².